The molecule has 2 aliphatic rings. The molecule has 0 bridgehead atoms. The molecule has 0 atom stereocenters. The van der Waals surface area contributed by atoms with Crippen molar-refractivity contribution in [1.29, 1.82) is 0 Å². The molecule has 0 radical (unpaired) electrons. The molecule has 1 aromatic rings. The summed E-state index contributed by atoms with van der Waals surface area (Å²) in [7, 11) is 1.58. The fourth-order valence-electron chi connectivity index (χ4n) is 3.30. The average Bonchev–Trinajstić information content (AvgIpc) is 2.90. The quantitative estimate of drug-likeness (QED) is 0.751. The van der Waals surface area contributed by atoms with Crippen molar-refractivity contribution in [3.05, 3.63) is 30.0 Å². The zero-order chi connectivity index (χ0) is 18.7. The lowest BCUT2D eigenvalue weighted by Crippen LogP contribution is -2.34. The summed E-state index contributed by atoms with van der Waals surface area (Å²) in [4.78, 5) is 27.5. The minimum Gasteiger partial charge on any atom is -0.494 e. The summed E-state index contributed by atoms with van der Waals surface area (Å²) in [5.74, 6) is 0.501. The van der Waals surface area contributed by atoms with Gasteiger partial charge in [-0.25, -0.2) is 0 Å². The number of carbonyl (C=O) groups is 2. The molecule has 1 aromatic carbocycles. The zero-order valence-corrected chi connectivity index (χ0v) is 15.2. The number of ether oxygens (including phenoxy) is 1. The number of hydrogen-bond acceptors (Lipinski definition) is 6. The topological polar surface area (TPSA) is 82.1 Å². The number of carbonyl (C=O) groups excluding carboxylic acids is 2. The maximum Gasteiger partial charge on any atom is 0.277 e. The van der Waals surface area contributed by atoms with Gasteiger partial charge in [-0.2, -0.15) is 0 Å². The van der Waals surface area contributed by atoms with Crippen LogP contribution in [0.4, 0.5) is 11.4 Å². The smallest absolute Gasteiger partial charge is 0.277 e. The van der Waals surface area contributed by atoms with Crippen molar-refractivity contribution >= 4 is 23.2 Å². The Hall–Kier alpha value is -2.54. The normalized spacial score (nSPS) is 18.3. The second kappa shape index (κ2) is 7.78. The van der Waals surface area contributed by atoms with Crippen molar-refractivity contribution in [2.24, 2.45) is 5.92 Å². The number of amides is 2. The molecule has 1 fully saturated rings. The number of nitrogens with zero attached hydrogens (tertiary/aromatic N) is 2. The Kier molecular flexibility index (Phi) is 5.46. The average molecular weight is 359 g/mol. The van der Waals surface area contributed by atoms with Crippen molar-refractivity contribution in [3.8, 4) is 5.75 Å². The van der Waals surface area contributed by atoms with E-state index in [2.05, 4.69) is 17.1 Å². The molecule has 0 spiro atoms. The first-order valence-electron chi connectivity index (χ1n) is 8.92. The third-order valence-electron chi connectivity index (χ3n) is 4.94. The van der Waals surface area contributed by atoms with Crippen LogP contribution in [0.15, 0.2) is 30.0 Å². The third kappa shape index (κ3) is 3.67. The van der Waals surface area contributed by atoms with E-state index in [1.54, 1.807) is 7.11 Å². The Labute approximate surface area is 153 Å². The maximum atomic E-state index is 12.3. The third-order valence-corrected chi connectivity index (χ3v) is 4.94. The molecule has 26 heavy (non-hydrogen) atoms. The Morgan fingerprint density at radius 3 is 2.65 bits per heavy atom. The molecular weight excluding hydrogens is 334 g/mol. The monoisotopic (exact) mass is 359 g/mol. The van der Waals surface area contributed by atoms with E-state index in [0.717, 1.165) is 29.6 Å². The molecule has 0 aliphatic carbocycles. The molecule has 7 heteroatoms. The highest BCUT2D eigenvalue weighted by Crippen LogP contribution is 2.33. The van der Waals surface area contributed by atoms with Gasteiger partial charge in [-0.05, 0) is 30.9 Å². The zero-order valence-electron chi connectivity index (χ0n) is 15.2. The van der Waals surface area contributed by atoms with Crippen molar-refractivity contribution in [2.45, 2.75) is 19.8 Å². The van der Waals surface area contributed by atoms with Gasteiger partial charge < -0.3 is 20.1 Å². The number of aliphatic hydroxyl groups excluding tert-OH is 1. The SMILES string of the molecule is COc1cc(N2CCC(C)CC2)ccc1NC1=CC(=O)N(CCO)C1=O. The number of rotatable bonds is 6. The van der Waals surface area contributed by atoms with E-state index in [-0.39, 0.29) is 18.8 Å². The van der Waals surface area contributed by atoms with E-state index in [4.69, 9.17) is 9.84 Å². The van der Waals surface area contributed by atoms with Crippen LogP contribution in [0.5, 0.6) is 5.75 Å². The minimum absolute atomic E-state index is 0.0111. The van der Waals surface area contributed by atoms with Crippen LogP contribution in [-0.4, -0.2) is 55.2 Å². The molecule has 2 N–H and O–H groups in total. The standard InChI is InChI=1S/C19H25N3O4/c1-13-5-7-21(8-6-13)14-3-4-15(17(11-14)26-2)20-16-12-18(24)22(9-10-23)19(16)25/h3-4,11-13,20,23H,5-10H2,1-2H3. The van der Waals surface area contributed by atoms with E-state index in [9.17, 15) is 9.59 Å². The van der Waals surface area contributed by atoms with Gasteiger partial charge in [0, 0.05) is 30.9 Å². The molecule has 2 amide bonds. The van der Waals surface area contributed by atoms with Crippen LogP contribution in [0.2, 0.25) is 0 Å². The van der Waals surface area contributed by atoms with Crippen LogP contribution < -0.4 is 15.0 Å². The molecule has 0 unspecified atom stereocenters. The highest BCUT2D eigenvalue weighted by molar-refractivity contribution is 6.17. The van der Waals surface area contributed by atoms with Crippen LogP contribution >= 0.6 is 0 Å². The van der Waals surface area contributed by atoms with Crippen LogP contribution in [0.1, 0.15) is 19.8 Å². The van der Waals surface area contributed by atoms with E-state index in [1.165, 1.54) is 18.9 Å². The second-order valence-corrected chi connectivity index (χ2v) is 6.76. The summed E-state index contributed by atoms with van der Waals surface area (Å²) in [6.45, 7) is 4.04. The Bertz CT molecular complexity index is 723. The summed E-state index contributed by atoms with van der Waals surface area (Å²) < 4.78 is 5.48. The van der Waals surface area contributed by atoms with Crippen molar-refractivity contribution in [2.75, 3.05) is 43.6 Å². The molecule has 3 rings (SSSR count). The number of hydrogen-bond donors (Lipinski definition) is 2. The molecule has 7 nitrogen and oxygen atoms in total. The van der Waals surface area contributed by atoms with Gasteiger partial charge in [-0.15, -0.1) is 0 Å². The number of anilines is 2. The molecule has 2 aliphatic heterocycles. The fourth-order valence-corrected chi connectivity index (χ4v) is 3.30. The predicted octanol–water partition coefficient (Wildman–Crippen LogP) is 1.59. The highest BCUT2D eigenvalue weighted by Gasteiger charge is 2.31. The summed E-state index contributed by atoms with van der Waals surface area (Å²) in [6, 6.07) is 5.80. The van der Waals surface area contributed by atoms with E-state index >= 15 is 0 Å². The molecule has 1 saturated heterocycles. The molecule has 0 saturated carbocycles. The van der Waals surface area contributed by atoms with Crippen LogP contribution in [0, 0.1) is 5.92 Å². The first-order chi connectivity index (χ1) is 12.5. The van der Waals surface area contributed by atoms with E-state index in [0.29, 0.717) is 11.4 Å². The lowest BCUT2D eigenvalue weighted by atomic mass is 9.99. The number of aliphatic hydroxyl groups is 1. The largest absolute Gasteiger partial charge is 0.494 e. The second-order valence-electron chi connectivity index (χ2n) is 6.76. The molecule has 140 valence electrons. The first-order valence-corrected chi connectivity index (χ1v) is 8.92. The van der Waals surface area contributed by atoms with Gasteiger partial charge in [0.25, 0.3) is 11.8 Å². The van der Waals surface area contributed by atoms with Gasteiger partial charge in [0.05, 0.1) is 25.9 Å². The van der Waals surface area contributed by atoms with Gasteiger partial charge in [0.2, 0.25) is 0 Å². The number of benzene rings is 1. The lowest BCUT2D eigenvalue weighted by molar-refractivity contribution is -0.137. The Balaban J connectivity index is 1.76. The fraction of sp³-hybridized carbons (Fsp3) is 0.474. The number of piperidine rings is 1. The van der Waals surface area contributed by atoms with E-state index < -0.39 is 11.8 Å². The van der Waals surface area contributed by atoms with Gasteiger partial charge in [-0.1, -0.05) is 6.92 Å². The van der Waals surface area contributed by atoms with Crippen molar-refractivity contribution in [1.82, 2.24) is 4.90 Å². The Morgan fingerprint density at radius 2 is 2.00 bits per heavy atom. The van der Waals surface area contributed by atoms with E-state index in [1.807, 2.05) is 18.2 Å². The predicted molar refractivity (Wildman–Crippen MR) is 99.1 cm³/mol. The number of imide groups is 1. The summed E-state index contributed by atoms with van der Waals surface area (Å²) in [5, 5.41) is 12.0. The van der Waals surface area contributed by atoms with Crippen LogP contribution in [0.3, 0.4) is 0 Å². The number of β-amino-alcohol motifs (C(OH)–C–C–N with tert-alkyl or cyclic N) is 1. The summed E-state index contributed by atoms with van der Waals surface area (Å²) in [5.41, 5.74) is 1.89. The summed E-state index contributed by atoms with van der Waals surface area (Å²) in [6.07, 6.45) is 3.59. The Morgan fingerprint density at radius 1 is 1.27 bits per heavy atom. The number of methoxy groups -OCH3 is 1. The molecule has 0 aromatic heterocycles. The van der Waals surface area contributed by atoms with Gasteiger partial charge in [0.1, 0.15) is 11.4 Å². The minimum atomic E-state index is -0.444. The van der Waals surface area contributed by atoms with Crippen molar-refractivity contribution in [3.63, 3.8) is 0 Å². The summed E-state index contributed by atoms with van der Waals surface area (Å²) >= 11 is 0. The van der Waals surface area contributed by atoms with Crippen LogP contribution in [0.25, 0.3) is 0 Å². The van der Waals surface area contributed by atoms with Gasteiger partial charge >= 0.3 is 0 Å². The van der Waals surface area contributed by atoms with Crippen LogP contribution in [-0.2, 0) is 9.59 Å². The maximum absolute atomic E-state index is 12.3. The first kappa shape index (κ1) is 18.3. The molecular formula is C19H25N3O4. The van der Waals surface area contributed by atoms with Gasteiger partial charge in [0.15, 0.2) is 0 Å². The lowest BCUT2D eigenvalue weighted by Gasteiger charge is -2.32. The molecule has 2 heterocycles. The van der Waals surface area contributed by atoms with Crippen molar-refractivity contribution < 1.29 is 19.4 Å². The number of nitrogens with one attached hydrogen (secondary N) is 1. The highest BCUT2D eigenvalue weighted by atomic mass is 16.5. The van der Waals surface area contributed by atoms with Gasteiger partial charge in [-0.3, -0.25) is 14.5 Å².